The summed E-state index contributed by atoms with van der Waals surface area (Å²) in [5.74, 6) is 0. The van der Waals surface area contributed by atoms with Crippen molar-refractivity contribution in [2.24, 2.45) is 5.73 Å². The molecule has 0 amide bonds. The lowest BCUT2D eigenvalue weighted by molar-refractivity contribution is 0.248. The first kappa shape index (κ1) is 14.5. The molecule has 1 saturated heterocycles. The average molecular weight is 261 g/mol. The molecule has 0 bridgehead atoms. The maximum atomic E-state index is 6.29. The van der Waals surface area contributed by atoms with Gasteiger partial charge >= 0.3 is 0 Å². The summed E-state index contributed by atoms with van der Waals surface area (Å²) in [4.78, 5) is 4.90. The molecule has 1 fully saturated rings. The van der Waals surface area contributed by atoms with E-state index in [1.165, 1.54) is 43.6 Å². The Morgan fingerprint density at radius 1 is 1.32 bits per heavy atom. The molecule has 3 nitrogen and oxygen atoms in total. The molecule has 1 aliphatic rings. The molecule has 106 valence electrons. The van der Waals surface area contributed by atoms with Gasteiger partial charge in [-0.3, -0.25) is 0 Å². The molecule has 1 heterocycles. The summed E-state index contributed by atoms with van der Waals surface area (Å²) in [6.07, 6.45) is 2.74. The molecule has 3 heteroatoms. The average Bonchev–Trinajstić information content (AvgIpc) is 2.89. The number of likely N-dealkylation sites (N-methyl/N-ethyl adjacent to an activating group) is 1. The van der Waals surface area contributed by atoms with E-state index in [9.17, 15) is 0 Å². The van der Waals surface area contributed by atoms with E-state index in [0.29, 0.717) is 0 Å². The van der Waals surface area contributed by atoms with Crippen molar-refractivity contribution in [2.75, 3.05) is 39.8 Å². The third-order valence-corrected chi connectivity index (χ3v) is 3.98. The number of likely N-dealkylation sites (tertiary alicyclic amines) is 1. The smallest absolute Gasteiger partial charge is 0.0424 e. The molecule has 1 aliphatic heterocycles. The van der Waals surface area contributed by atoms with Crippen molar-refractivity contribution >= 4 is 0 Å². The number of nitrogens with two attached hydrogens (primary N) is 1. The summed E-state index contributed by atoms with van der Waals surface area (Å²) in [5.41, 5.74) is 8.82. The van der Waals surface area contributed by atoms with Crippen LogP contribution < -0.4 is 5.73 Å². The van der Waals surface area contributed by atoms with Crippen molar-refractivity contribution in [3.63, 3.8) is 0 Å². The fourth-order valence-corrected chi connectivity index (χ4v) is 2.75. The highest BCUT2D eigenvalue weighted by Gasteiger charge is 2.13. The van der Waals surface area contributed by atoms with Crippen molar-refractivity contribution in [1.29, 1.82) is 0 Å². The highest BCUT2D eigenvalue weighted by atomic mass is 15.2. The monoisotopic (exact) mass is 261 g/mol. The number of hydrogen-bond acceptors (Lipinski definition) is 3. The normalized spacial score (nSPS) is 18.1. The van der Waals surface area contributed by atoms with Gasteiger partial charge in [0, 0.05) is 25.7 Å². The first-order chi connectivity index (χ1) is 9.15. The molecule has 19 heavy (non-hydrogen) atoms. The molecule has 0 spiro atoms. The molecular weight excluding hydrogens is 234 g/mol. The van der Waals surface area contributed by atoms with E-state index in [1.807, 2.05) is 0 Å². The van der Waals surface area contributed by atoms with Crippen molar-refractivity contribution < 1.29 is 0 Å². The van der Waals surface area contributed by atoms with Gasteiger partial charge in [-0.05, 0) is 45.5 Å². The summed E-state index contributed by atoms with van der Waals surface area (Å²) in [6, 6.07) is 8.65. The lowest BCUT2D eigenvalue weighted by atomic mass is 10.0. The largest absolute Gasteiger partial charge is 0.323 e. The quantitative estimate of drug-likeness (QED) is 0.850. The Balaban J connectivity index is 1.76. The lowest BCUT2D eigenvalue weighted by Gasteiger charge is -2.24. The van der Waals surface area contributed by atoms with Gasteiger partial charge in [-0.25, -0.2) is 0 Å². The topological polar surface area (TPSA) is 32.5 Å². The van der Waals surface area contributed by atoms with Crippen LogP contribution in [0.3, 0.4) is 0 Å². The van der Waals surface area contributed by atoms with Crippen LogP contribution in [0.5, 0.6) is 0 Å². The Hall–Kier alpha value is -0.900. The molecule has 2 rings (SSSR count). The van der Waals surface area contributed by atoms with Crippen molar-refractivity contribution in [2.45, 2.75) is 25.8 Å². The van der Waals surface area contributed by atoms with Crippen LogP contribution in [0.4, 0.5) is 0 Å². The van der Waals surface area contributed by atoms with Crippen LogP contribution in [0.2, 0.25) is 0 Å². The van der Waals surface area contributed by atoms with E-state index in [-0.39, 0.29) is 6.04 Å². The number of hydrogen-bond donors (Lipinski definition) is 1. The zero-order valence-corrected chi connectivity index (χ0v) is 12.3. The van der Waals surface area contributed by atoms with Crippen LogP contribution in [0.15, 0.2) is 24.3 Å². The van der Waals surface area contributed by atoms with Gasteiger partial charge in [-0.1, -0.05) is 29.8 Å². The van der Waals surface area contributed by atoms with Gasteiger partial charge in [0.05, 0.1) is 0 Å². The maximum Gasteiger partial charge on any atom is 0.0424 e. The third-order valence-electron chi connectivity index (χ3n) is 3.98. The number of rotatable bonds is 6. The first-order valence-electron chi connectivity index (χ1n) is 7.38. The van der Waals surface area contributed by atoms with E-state index in [1.54, 1.807) is 0 Å². The first-order valence-corrected chi connectivity index (χ1v) is 7.38. The number of benzene rings is 1. The standard InChI is InChI=1S/C16H27N3/c1-14-6-5-7-15(12-14)16(17)13-18(2)10-11-19-8-3-4-9-19/h5-7,12,16H,3-4,8-11,13,17H2,1-2H3. The molecular formula is C16H27N3. The highest BCUT2D eigenvalue weighted by Crippen LogP contribution is 2.13. The zero-order chi connectivity index (χ0) is 13.7. The maximum absolute atomic E-state index is 6.29. The van der Waals surface area contributed by atoms with E-state index in [2.05, 4.69) is 48.0 Å². The summed E-state index contributed by atoms with van der Waals surface area (Å²) >= 11 is 0. The predicted molar refractivity (Wildman–Crippen MR) is 81.3 cm³/mol. The predicted octanol–water partition coefficient (Wildman–Crippen LogP) is 2.02. The van der Waals surface area contributed by atoms with Crippen LogP contribution in [0, 0.1) is 6.92 Å². The minimum absolute atomic E-state index is 0.114. The molecule has 2 N–H and O–H groups in total. The van der Waals surface area contributed by atoms with Gasteiger partial charge in [-0.2, -0.15) is 0 Å². The van der Waals surface area contributed by atoms with Gasteiger partial charge in [0.25, 0.3) is 0 Å². The van der Waals surface area contributed by atoms with E-state index in [0.717, 1.165) is 13.1 Å². The van der Waals surface area contributed by atoms with Crippen molar-refractivity contribution in [3.8, 4) is 0 Å². The molecule has 0 radical (unpaired) electrons. The number of aryl methyl sites for hydroxylation is 1. The fraction of sp³-hybridized carbons (Fsp3) is 0.625. The van der Waals surface area contributed by atoms with Gasteiger partial charge in [-0.15, -0.1) is 0 Å². The summed E-state index contributed by atoms with van der Waals surface area (Å²) in [5, 5.41) is 0. The Bertz CT molecular complexity index is 385. The van der Waals surface area contributed by atoms with Crippen LogP contribution in [-0.4, -0.2) is 49.6 Å². The van der Waals surface area contributed by atoms with E-state index < -0.39 is 0 Å². The Labute approximate surface area is 117 Å². The van der Waals surface area contributed by atoms with Crippen LogP contribution in [0.1, 0.15) is 30.0 Å². The summed E-state index contributed by atoms with van der Waals surface area (Å²) in [7, 11) is 2.17. The molecule has 1 aromatic rings. The SMILES string of the molecule is Cc1cccc(C(N)CN(C)CCN2CCCC2)c1. The summed E-state index contributed by atoms with van der Waals surface area (Å²) in [6.45, 7) is 7.89. The summed E-state index contributed by atoms with van der Waals surface area (Å²) < 4.78 is 0. The van der Waals surface area contributed by atoms with Gasteiger partial charge in [0.15, 0.2) is 0 Å². The van der Waals surface area contributed by atoms with Crippen molar-refractivity contribution in [3.05, 3.63) is 35.4 Å². The van der Waals surface area contributed by atoms with E-state index >= 15 is 0 Å². The Kier molecular flexibility index (Phi) is 5.37. The Morgan fingerprint density at radius 2 is 2.05 bits per heavy atom. The molecule has 0 saturated carbocycles. The molecule has 1 atom stereocenters. The molecule has 0 aromatic heterocycles. The molecule has 1 unspecified atom stereocenters. The number of nitrogens with zero attached hydrogens (tertiary/aromatic N) is 2. The van der Waals surface area contributed by atoms with Gasteiger partial charge in [0.2, 0.25) is 0 Å². The minimum atomic E-state index is 0.114. The minimum Gasteiger partial charge on any atom is -0.323 e. The van der Waals surface area contributed by atoms with Crippen LogP contribution >= 0.6 is 0 Å². The highest BCUT2D eigenvalue weighted by molar-refractivity contribution is 5.24. The fourth-order valence-electron chi connectivity index (χ4n) is 2.75. The van der Waals surface area contributed by atoms with Gasteiger partial charge < -0.3 is 15.5 Å². The second-order valence-electron chi connectivity index (χ2n) is 5.83. The van der Waals surface area contributed by atoms with Gasteiger partial charge in [0.1, 0.15) is 0 Å². The van der Waals surface area contributed by atoms with Crippen LogP contribution in [0.25, 0.3) is 0 Å². The third kappa shape index (κ3) is 4.60. The second kappa shape index (κ2) is 7.04. The van der Waals surface area contributed by atoms with Crippen molar-refractivity contribution in [1.82, 2.24) is 9.80 Å². The van der Waals surface area contributed by atoms with Crippen LogP contribution in [-0.2, 0) is 0 Å². The lowest BCUT2D eigenvalue weighted by Crippen LogP contribution is -2.35. The second-order valence-corrected chi connectivity index (χ2v) is 5.83. The zero-order valence-electron chi connectivity index (χ0n) is 12.3. The molecule has 0 aliphatic carbocycles. The molecule has 1 aromatic carbocycles. The van der Waals surface area contributed by atoms with E-state index in [4.69, 9.17) is 5.73 Å². The Morgan fingerprint density at radius 3 is 2.74 bits per heavy atom.